The molecule has 0 heterocycles. The van der Waals surface area contributed by atoms with Gasteiger partial charge in [0.1, 0.15) is 0 Å². The van der Waals surface area contributed by atoms with E-state index in [9.17, 15) is 5.02 Å². The molecule has 3 nitrogen and oxygen atoms in total. The molecule has 0 aromatic heterocycles. The Morgan fingerprint density at radius 1 is 1.00 bits per heavy atom. The second kappa shape index (κ2) is 6.14. The molecule has 0 radical (unpaired) electrons. The second-order valence-corrected chi connectivity index (χ2v) is 3.05. The van der Waals surface area contributed by atoms with Crippen LogP contribution in [-0.2, 0) is 35.5 Å². The zero-order valence-corrected chi connectivity index (χ0v) is 10.6. The summed E-state index contributed by atoms with van der Waals surface area (Å²) in [6.07, 6.45) is 12.5. The van der Waals surface area contributed by atoms with Gasteiger partial charge in [0.25, 0.3) is 0 Å². The maximum atomic E-state index is 11.3. The molecule has 0 N–H and O–H groups in total. The van der Waals surface area contributed by atoms with Crippen LogP contribution < -0.4 is 5.02 Å². The fourth-order valence-corrected chi connectivity index (χ4v) is 1.30. The van der Waals surface area contributed by atoms with E-state index in [-0.39, 0.29) is 26.2 Å². The van der Waals surface area contributed by atoms with Crippen LogP contribution in [0.4, 0.5) is 0 Å². The molecule has 0 unspecified atom stereocenters. The fourth-order valence-electron chi connectivity index (χ4n) is 1.30. The van der Waals surface area contributed by atoms with E-state index >= 15 is 0 Å². The van der Waals surface area contributed by atoms with E-state index in [2.05, 4.69) is 0 Å². The molecule has 0 aromatic carbocycles. The zero-order chi connectivity index (χ0) is 9.80. The maximum absolute atomic E-state index is 11.3. The predicted octanol–water partition coefficient (Wildman–Crippen LogP) is 1.05. The molecule has 0 saturated heterocycles. The molecular formula is C10H10BO3Zr+. The van der Waals surface area contributed by atoms with Crippen molar-refractivity contribution in [3.8, 4) is 0 Å². The van der Waals surface area contributed by atoms with E-state index < -0.39 is 7.32 Å². The minimum absolute atomic E-state index is 0. The third kappa shape index (κ3) is 3.84. The first-order valence-corrected chi connectivity index (χ1v) is 4.55. The summed E-state index contributed by atoms with van der Waals surface area (Å²) in [4.78, 5) is 0. The molecule has 2 rings (SSSR count). The molecule has 15 heavy (non-hydrogen) atoms. The number of hydrogen-bond donors (Lipinski definition) is 0. The number of hydrogen-bond acceptors (Lipinski definition) is 3. The van der Waals surface area contributed by atoms with Gasteiger partial charge in [0.2, 0.25) is 0 Å². The first-order valence-electron chi connectivity index (χ1n) is 4.55. The van der Waals surface area contributed by atoms with Crippen LogP contribution in [0.2, 0.25) is 0 Å². The van der Waals surface area contributed by atoms with Crippen molar-refractivity contribution < 1.29 is 40.5 Å². The van der Waals surface area contributed by atoms with Crippen molar-refractivity contribution in [3.05, 3.63) is 48.0 Å². The van der Waals surface area contributed by atoms with E-state index in [1.165, 1.54) is 0 Å². The third-order valence-electron chi connectivity index (χ3n) is 1.97. The maximum Gasteiger partial charge on any atom is 2.00 e. The Morgan fingerprint density at radius 3 is 1.80 bits per heavy atom. The van der Waals surface area contributed by atoms with Gasteiger partial charge in [-0.3, -0.25) is 0 Å². The average Bonchev–Trinajstić information content (AvgIpc) is 2.76. The summed E-state index contributed by atoms with van der Waals surface area (Å²) in [5.74, 6) is 1.33. The molecule has 0 aromatic rings. The van der Waals surface area contributed by atoms with Crippen LogP contribution in [0.25, 0.3) is 0 Å². The Labute approximate surface area is 108 Å². The summed E-state index contributed by atoms with van der Waals surface area (Å²) in [6.45, 7) is 0. The van der Waals surface area contributed by atoms with Gasteiger partial charge in [-0.05, 0) is 12.2 Å². The van der Waals surface area contributed by atoms with Crippen molar-refractivity contribution in [2.45, 2.75) is 12.8 Å². The van der Waals surface area contributed by atoms with Crippen LogP contribution in [0.5, 0.6) is 0 Å². The van der Waals surface area contributed by atoms with Gasteiger partial charge in [0.05, 0.1) is 11.5 Å². The molecule has 2 aliphatic rings. The molecule has 74 valence electrons. The van der Waals surface area contributed by atoms with E-state index in [1.807, 2.05) is 24.3 Å². The van der Waals surface area contributed by atoms with Crippen LogP contribution in [0.15, 0.2) is 48.0 Å². The summed E-state index contributed by atoms with van der Waals surface area (Å²) < 4.78 is 10.1. The first-order chi connectivity index (χ1) is 6.84. The van der Waals surface area contributed by atoms with Gasteiger partial charge in [-0.15, -0.1) is 0 Å². The molecule has 0 aliphatic heterocycles. The van der Waals surface area contributed by atoms with Crippen LogP contribution >= 0.6 is 0 Å². The van der Waals surface area contributed by atoms with Gasteiger partial charge in [-0.25, -0.2) is 0 Å². The molecule has 0 fully saturated rings. The van der Waals surface area contributed by atoms with E-state index in [1.54, 1.807) is 12.2 Å². The zero-order valence-electron chi connectivity index (χ0n) is 8.18. The SMILES string of the molecule is [O-]B(OC1=CC=CC1)OC1=CC=CC1.[Zr+2]. The van der Waals surface area contributed by atoms with Gasteiger partial charge in [-0.2, -0.15) is 0 Å². The Bertz CT molecular complexity index is 302. The minimum Gasteiger partial charge on any atom is -0.808 e. The van der Waals surface area contributed by atoms with Gasteiger partial charge < -0.3 is 14.3 Å². The Morgan fingerprint density at radius 2 is 1.47 bits per heavy atom. The molecule has 2 aliphatic carbocycles. The van der Waals surface area contributed by atoms with Crippen molar-refractivity contribution in [2.75, 3.05) is 0 Å². The van der Waals surface area contributed by atoms with Gasteiger partial charge in [-0.1, -0.05) is 24.3 Å². The topological polar surface area (TPSA) is 41.5 Å². The summed E-state index contributed by atoms with van der Waals surface area (Å²) in [5, 5.41) is 11.3. The van der Waals surface area contributed by atoms with Crippen LogP contribution in [0, 0.1) is 0 Å². The summed E-state index contributed by atoms with van der Waals surface area (Å²) in [6, 6.07) is 0. The minimum atomic E-state index is -1.45. The number of rotatable bonds is 4. The smallest absolute Gasteiger partial charge is 0.808 e. The van der Waals surface area contributed by atoms with Crippen LogP contribution in [0.1, 0.15) is 12.8 Å². The molecule has 0 spiro atoms. The molecule has 0 amide bonds. The van der Waals surface area contributed by atoms with Crippen molar-refractivity contribution in [1.29, 1.82) is 0 Å². The average molecular weight is 280 g/mol. The first kappa shape index (κ1) is 12.5. The van der Waals surface area contributed by atoms with Crippen molar-refractivity contribution >= 4 is 7.32 Å². The number of allylic oxidation sites excluding steroid dienone is 6. The van der Waals surface area contributed by atoms with Crippen LogP contribution in [-0.4, -0.2) is 7.32 Å². The molecule has 0 atom stereocenters. The normalized spacial score (nSPS) is 16.9. The monoisotopic (exact) mass is 279 g/mol. The Hall–Kier alpha value is -0.532. The summed E-state index contributed by atoms with van der Waals surface area (Å²) >= 11 is 0. The third-order valence-corrected chi connectivity index (χ3v) is 1.97. The van der Waals surface area contributed by atoms with Crippen molar-refractivity contribution in [3.63, 3.8) is 0 Å². The second-order valence-electron chi connectivity index (χ2n) is 3.05. The Balaban J connectivity index is 0.00000112. The summed E-state index contributed by atoms with van der Waals surface area (Å²) in [5.41, 5.74) is 0. The van der Waals surface area contributed by atoms with Crippen LogP contribution in [0.3, 0.4) is 0 Å². The quantitative estimate of drug-likeness (QED) is 0.723. The Kier molecular flexibility index (Phi) is 5.13. The van der Waals surface area contributed by atoms with E-state index in [4.69, 9.17) is 9.31 Å². The predicted molar refractivity (Wildman–Crippen MR) is 51.6 cm³/mol. The van der Waals surface area contributed by atoms with E-state index in [0.717, 1.165) is 0 Å². The largest absolute Gasteiger partial charge is 2.00 e. The van der Waals surface area contributed by atoms with Crippen molar-refractivity contribution in [1.82, 2.24) is 0 Å². The van der Waals surface area contributed by atoms with Crippen molar-refractivity contribution in [2.24, 2.45) is 0 Å². The van der Waals surface area contributed by atoms with Gasteiger partial charge in [0.15, 0.2) is 0 Å². The van der Waals surface area contributed by atoms with Gasteiger partial charge in [0, 0.05) is 12.8 Å². The molecular weight excluding hydrogens is 270 g/mol. The molecule has 0 bridgehead atoms. The summed E-state index contributed by atoms with van der Waals surface area (Å²) in [7, 11) is -1.45. The molecule has 5 heteroatoms. The standard InChI is InChI=1S/C10H10BO3.Zr/c12-11(13-9-5-1-2-6-9)14-10-7-3-4-8-10;/h1-5,7H,6,8H2;/q-1;+2. The molecule has 0 saturated carbocycles. The fraction of sp³-hybridized carbons (Fsp3) is 0.200. The van der Waals surface area contributed by atoms with E-state index in [0.29, 0.717) is 24.4 Å². The van der Waals surface area contributed by atoms with Gasteiger partial charge >= 0.3 is 33.5 Å².